The van der Waals surface area contributed by atoms with Gasteiger partial charge in [-0.1, -0.05) is 42.5 Å². The van der Waals surface area contributed by atoms with E-state index in [0.717, 1.165) is 11.3 Å². The van der Waals surface area contributed by atoms with Crippen molar-refractivity contribution in [3.8, 4) is 5.75 Å². The third-order valence-corrected chi connectivity index (χ3v) is 4.00. The lowest BCUT2D eigenvalue weighted by molar-refractivity contribution is -0.111. The van der Waals surface area contributed by atoms with Crippen molar-refractivity contribution in [2.45, 2.75) is 0 Å². The largest absolute Gasteiger partial charge is 0.497 e. The van der Waals surface area contributed by atoms with Crippen LogP contribution in [0.3, 0.4) is 0 Å². The summed E-state index contributed by atoms with van der Waals surface area (Å²) in [7, 11) is 1.60. The first-order chi connectivity index (χ1) is 13.7. The molecular weight excluding hydrogens is 352 g/mol. The van der Waals surface area contributed by atoms with Crippen molar-refractivity contribution in [1.82, 2.24) is 0 Å². The summed E-state index contributed by atoms with van der Waals surface area (Å²) in [5.74, 6) is 0.136. The molecule has 0 fully saturated rings. The molecule has 0 unspecified atom stereocenters. The van der Waals surface area contributed by atoms with Crippen LogP contribution < -0.4 is 15.4 Å². The molecule has 0 saturated carbocycles. The Hall–Kier alpha value is -3.86. The van der Waals surface area contributed by atoms with Crippen LogP contribution in [-0.2, 0) is 4.79 Å². The maximum atomic E-state index is 12.6. The predicted octanol–water partition coefficient (Wildman–Crippen LogP) is 4.60. The molecule has 0 radical (unpaired) electrons. The maximum Gasteiger partial charge on any atom is 0.257 e. The van der Waals surface area contributed by atoms with Crippen molar-refractivity contribution in [2.75, 3.05) is 17.7 Å². The molecule has 5 nitrogen and oxygen atoms in total. The first kappa shape index (κ1) is 18.9. The van der Waals surface area contributed by atoms with Gasteiger partial charge in [0.1, 0.15) is 5.75 Å². The van der Waals surface area contributed by atoms with Crippen molar-refractivity contribution in [3.63, 3.8) is 0 Å². The van der Waals surface area contributed by atoms with E-state index in [1.807, 2.05) is 42.5 Å². The number of amides is 2. The second-order valence-corrected chi connectivity index (χ2v) is 5.96. The molecule has 2 N–H and O–H groups in total. The maximum absolute atomic E-state index is 12.6. The van der Waals surface area contributed by atoms with Crippen LogP contribution in [0.1, 0.15) is 15.9 Å². The number of hydrogen-bond donors (Lipinski definition) is 2. The number of carbonyl (C=O) groups excluding carboxylic acids is 2. The van der Waals surface area contributed by atoms with Crippen molar-refractivity contribution in [2.24, 2.45) is 0 Å². The number of hydrogen-bond acceptors (Lipinski definition) is 3. The first-order valence-electron chi connectivity index (χ1n) is 8.74. The van der Waals surface area contributed by atoms with Gasteiger partial charge in [0.2, 0.25) is 5.91 Å². The number of ether oxygens (including phenoxy) is 1. The smallest absolute Gasteiger partial charge is 0.257 e. The molecule has 0 aliphatic carbocycles. The zero-order chi connectivity index (χ0) is 19.8. The molecule has 3 rings (SSSR count). The fraction of sp³-hybridized carbons (Fsp3) is 0.0435. The van der Waals surface area contributed by atoms with E-state index >= 15 is 0 Å². The van der Waals surface area contributed by atoms with E-state index in [1.165, 1.54) is 6.08 Å². The van der Waals surface area contributed by atoms with Crippen LogP contribution in [0.25, 0.3) is 6.08 Å². The summed E-state index contributed by atoms with van der Waals surface area (Å²) >= 11 is 0. The standard InChI is InChI=1S/C23H20N2O3/c1-28-19-14-11-17(12-15-19)13-16-22(26)25-21-10-6-5-9-20(21)23(27)24-18-7-3-2-4-8-18/h2-16H,1H3,(H,24,27)(H,25,26). The number of nitrogens with one attached hydrogen (secondary N) is 2. The Morgan fingerprint density at radius 2 is 1.50 bits per heavy atom. The molecule has 0 bridgehead atoms. The number of rotatable bonds is 6. The summed E-state index contributed by atoms with van der Waals surface area (Å²) in [5.41, 5.74) is 2.39. The van der Waals surface area contributed by atoms with Crippen molar-refractivity contribution in [1.29, 1.82) is 0 Å². The second kappa shape index (κ2) is 9.19. The topological polar surface area (TPSA) is 67.4 Å². The molecule has 3 aromatic rings. The van der Waals surface area contributed by atoms with Gasteiger partial charge in [-0.15, -0.1) is 0 Å². The summed E-state index contributed by atoms with van der Waals surface area (Å²) in [6.07, 6.45) is 3.12. The molecule has 0 saturated heterocycles. The number of methoxy groups -OCH3 is 1. The van der Waals surface area contributed by atoms with Crippen molar-refractivity contribution < 1.29 is 14.3 Å². The van der Waals surface area contributed by atoms with Gasteiger partial charge in [0.15, 0.2) is 0 Å². The van der Waals surface area contributed by atoms with Crippen LogP contribution in [0.5, 0.6) is 5.75 Å². The van der Waals surface area contributed by atoms with E-state index in [-0.39, 0.29) is 11.8 Å². The molecule has 0 spiro atoms. The Bertz CT molecular complexity index is 980. The summed E-state index contributed by atoms with van der Waals surface area (Å²) < 4.78 is 5.11. The minimum atomic E-state index is -0.323. The quantitative estimate of drug-likeness (QED) is 0.622. The Kier molecular flexibility index (Phi) is 6.21. The van der Waals surface area contributed by atoms with Gasteiger partial charge in [0.05, 0.1) is 18.4 Å². The van der Waals surface area contributed by atoms with Crippen LogP contribution >= 0.6 is 0 Å². The average molecular weight is 372 g/mol. The van der Waals surface area contributed by atoms with E-state index in [1.54, 1.807) is 49.6 Å². The van der Waals surface area contributed by atoms with E-state index in [9.17, 15) is 9.59 Å². The fourth-order valence-corrected chi connectivity index (χ4v) is 2.57. The Balaban J connectivity index is 1.69. The molecule has 28 heavy (non-hydrogen) atoms. The van der Waals surface area contributed by atoms with E-state index in [0.29, 0.717) is 16.9 Å². The third kappa shape index (κ3) is 5.08. The average Bonchev–Trinajstić information content (AvgIpc) is 2.73. The van der Waals surface area contributed by atoms with E-state index in [2.05, 4.69) is 10.6 Å². The summed E-state index contributed by atoms with van der Waals surface area (Å²) in [5, 5.41) is 5.58. The Morgan fingerprint density at radius 1 is 0.821 bits per heavy atom. The minimum absolute atomic E-state index is 0.291. The third-order valence-electron chi connectivity index (χ3n) is 4.00. The number of carbonyl (C=O) groups is 2. The van der Waals surface area contributed by atoms with Crippen LogP contribution in [0.15, 0.2) is 84.9 Å². The zero-order valence-corrected chi connectivity index (χ0v) is 15.4. The summed E-state index contributed by atoms with van der Waals surface area (Å²) in [6.45, 7) is 0. The van der Waals surface area contributed by atoms with Crippen molar-refractivity contribution in [3.05, 3.63) is 96.1 Å². The highest BCUT2D eigenvalue weighted by Gasteiger charge is 2.12. The molecule has 0 heterocycles. The normalized spacial score (nSPS) is 10.5. The number of benzene rings is 3. The highest BCUT2D eigenvalue weighted by molar-refractivity contribution is 6.11. The van der Waals surface area contributed by atoms with E-state index < -0.39 is 0 Å². The van der Waals surface area contributed by atoms with Crippen LogP contribution in [0.4, 0.5) is 11.4 Å². The molecule has 0 aliphatic rings. The SMILES string of the molecule is COc1ccc(C=CC(=O)Nc2ccccc2C(=O)Nc2ccccc2)cc1. The van der Waals surface area contributed by atoms with Gasteiger partial charge in [-0.3, -0.25) is 9.59 Å². The van der Waals surface area contributed by atoms with Gasteiger partial charge in [0, 0.05) is 11.8 Å². The highest BCUT2D eigenvalue weighted by Crippen LogP contribution is 2.18. The molecule has 0 atom stereocenters. The molecular formula is C23H20N2O3. The molecule has 3 aromatic carbocycles. The fourth-order valence-electron chi connectivity index (χ4n) is 2.57. The van der Waals surface area contributed by atoms with Gasteiger partial charge >= 0.3 is 0 Å². The van der Waals surface area contributed by atoms with Gasteiger partial charge in [-0.25, -0.2) is 0 Å². The molecule has 140 valence electrons. The molecule has 2 amide bonds. The Labute approximate surface area is 163 Å². The zero-order valence-electron chi connectivity index (χ0n) is 15.4. The summed E-state index contributed by atoms with van der Waals surface area (Å²) in [6, 6.07) is 23.4. The first-order valence-corrected chi connectivity index (χ1v) is 8.74. The molecule has 0 aromatic heterocycles. The van der Waals surface area contributed by atoms with Crippen LogP contribution in [-0.4, -0.2) is 18.9 Å². The highest BCUT2D eigenvalue weighted by atomic mass is 16.5. The van der Waals surface area contributed by atoms with Gasteiger partial charge in [-0.2, -0.15) is 0 Å². The van der Waals surface area contributed by atoms with Gasteiger partial charge in [0.25, 0.3) is 5.91 Å². The number of anilines is 2. The second-order valence-electron chi connectivity index (χ2n) is 5.96. The lowest BCUT2D eigenvalue weighted by atomic mass is 10.1. The predicted molar refractivity (Wildman–Crippen MR) is 111 cm³/mol. The minimum Gasteiger partial charge on any atom is -0.497 e. The Morgan fingerprint density at radius 3 is 2.21 bits per heavy atom. The monoisotopic (exact) mass is 372 g/mol. The van der Waals surface area contributed by atoms with Crippen LogP contribution in [0.2, 0.25) is 0 Å². The molecule has 0 aliphatic heterocycles. The number of para-hydroxylation sites is 2. The lowest BCUT2D eigenvalue weighted by Crippen LogP contribution is -2.16. The molecule has 5 heteroatoms. The van der Waals surface area contributed by atoms with Crippen molar-refractivity contribution >= 4 is 29.3 Å². The lowest BCUT2D eigenvalue weighted by Gasteiger charge is -2.10. The van der Waals surface area contributed by atoms with Gasteiger partial charge < -0.3 is 15.4 Å². The van der Waals surface area contributed by atoms with Crippen LogP contribution in [0, 0.1) is 0 Å². The van der Waals surface area contributed by atoms with Gasteiger partial charge in [-0.05, 0) is 48.0 Å². The van der Waals surface area contributed by atoms with E-state index in [4.69, 9.17) is 4.74 Å². The summed E-state index contributed by atoms with van der Waals surface area (Å²) in [4.78, 5) is 24.9.